The van der Waals surface area contributed by atoms with E-state index >= 15 is 0 Å². The van der Waals surface area contributed by atoms with Crippen LogP contribution < -0.4 is 14.8 Å². The second kappa shape index (κ2) is 10.1. The third kappa shape index (κ3) is 6.12. The summed E-state index contributed by atoms with van der Waals surface area (Å²) in [5.41, 5.74) is 0.531. The number of carbonyl (C=O) groups is 2. The van der Waals surface area contributed by atoms with Crippen molar-refractivity contribution in [2.24, 2.45) is 0 Å². The fraction of sp³-hybridized carbons (Fsp3) is 0.263. The summed E-state index contributed by atoms with van der Waals surface area (Å²) in [5.74, 6) is -2.06. The average Bonchev–Trinajstić information content (AvgIpc) is 2.70. The molecule has 0 saturated carbocycles. The van der Waals surface area contributed by atoms with Gasteiger partial charge in [-0.15, -0.1) is 0 Å². The molecule has 0 aromatic heterocycles. The second-order valence-corrected chi connectivity index (χ2v) is 5.98. The molecule has 0 spiro atoms. The average molecular weight is 424 g/mol. The SMILES string of the molecule is COc1cc(COC(=O)CNC(=O)c2cccc(C)c2)c([N+](=O)[O-])cc1OC(F)F. The smallest absolute Gasteiger partial charge is 0.387 e. The van der Waals surface area contributed by atoms with Crippen molar-refractivity contribution >= 4 is 17.6 Å². The molecule has 2 rings (SSSR count). The largest absolute Gasteiger partial charge is 0.493 e. The van der Waals surface area contributed by atoms with Crippen LogP contribution in [0.5, 0.6) is 11.5 Å². The summed E-state index contributed by atoms with van der Waals surface area (Å²) in [4.78, 5) is 34.3. The number of alkyl halides is 2. The Kier molecular flexibility index (Phi) is 7.62. The lowest BCUT2D eigenvalue weighted by molar-refractivity contribution is -0.386. The molecule has 0 saturated heterocycles. The number of nitro groups is 1. The zero-order chi connectivity index (χ0) is 22.3. The molecule has 0 heterocycles. The summed E-state index contributed by atoms with van der Waals surface area (Å²) < 4.78 is 39.0. The molecule has 0 bridgehead atoms. The highest BCUT2D eigenvalue weighted by Crippen LogP contribution is 2.36. The molecular formula is C19H18F2N2O7. The molecule has 2 aromatic rings. The van der Waals surface area contributed by atoms with E-state index in [4.69, 9.17) is 9.47 Å². The number of rotatable bonds is 9. The Morgan fingerprint density at radius 2 is 1.93 bits per heavy atom. The quantitative estimate of drug-likeness (QED) is 0.374. The van der Waals surface area contributed by atoms with E-state index in [9.17, 15) is 28.5 Å². The van der Waals surface area contributed by atoms with Crippen LogP contribution in [0.3, 0.4) is 0 Å². The number of halogens is 2. The van der Waals surface area contributed by atoms with Crippen LogP contribution in [0.25, 0.3) is 0 Å². The van der Waals surface area contributed by atoms with Gasteiger partial charge in [-0.05, 0) is 25.1 Å². The third-order valence-electron chi connectivity index (χ3n) is 3.84. The predicted octanol–water partition coefficient (Wildman–Crippen LogP) is 2.99. The molecular weight excluding hydrogens is 406 g/mol. The van der Waals surface area contributed by atoms with E-state index in [2.05, 4.69) is 10.1 Å². The number of nitrogens with zero attached hydrogens (tertiary/aromatic N) is 1. The van der Waals surface area contributed by atoms with Gasteiger partial charge in [0.1, 0.15) is 13.2 Å². The minimum atomic E-state index is -3.21. The number of amides is 1. The van der Waals surface area contributed by atoms with E-state index in [1.165, 1.54) is 0 Å². The highest BCUT2D eigenvalue weighted by atomic mass is 19.3. The molecule has 0 fully saturated rings. The van der Waals surface area contributed by atoms with Crippen molar-refractivity contribution in [3.8, 4) is 11.5 Å². The van der Waals surface area contributed by atoms with Crippen molar-refractivity contribution in [3.05, 3.63) is 63.2 Å². The van der Waals surface area contributed by atoms with Gasteiger partial charge in [0.15, 0.2) is 11.5 Å². The van der Waals surface area contributed by atoms with Crippen molar-refractivity contribution in [1.82, 2.24) is 5.32 Å². The first-order valence-electron chi connectivity index (χ1n) is 8.52. The number of aryl methyl sites for hydroxylation is 1. The molecule has 1 amide bonds. The fourth-order valence-corrected chi connectivity index (χ4v) is 2.47. The van der Waals surface area contributed by atoms with E-state index in [0.29, 0.717) is 5.56 Å². The topological polar surface area (TPSA) is 117 Å². The number of ether oxygens (including phenoxy) is 3. The number of esters is 1. The lowest BCUT2D eigenvalue weighted by Gasteiger charge is -2.12. The van der Waals surface area contributed by atoms with Gasteiger partial charge in [0.05, 0.1) is 23.7 Å². The maximum Gasteiger partial charge on any atom is 0.387 e. The van der Waals surface area contributed by atoms with Crippen LogP contribution in [0, 0.1) is 17.0 Å². The summed E-state index contributed by atoms with van der Waals surface area (Å²) in [6, 6.07) is 8.54. The Labute approximate surface area is 169 Å². The lowest BCUT2D eigenvalue weighted by Crippen LogP contribution is -2.30. The van der Waals surface area contributed by atoms with E-state index < -0.39 is 48.0 Å². The molecule has 1 N–H and O–H groups in total. The standard InChI is InChI=1S/C19H18F2N2O7/c1-11-4-3-5-12(6-11)18(25)22-9-17(24)29-10-13-7-15(28-2)16(30-19(20)21)8-14(13)23(26)27/h3-8,19H,9-10H2,1-2H3,(H,22,25). The first-order valence-corrected chi connectivity index (χ1v) is 8.52. The molecule has 30 heavy (non-hydrogen) atoms. The molecule has 160 valence electrons. The van der Waals surface area contributed by atoms with Gasteiger partial charge in [0.25, 0.3) is 11.6 Å². The first kappa shape index (κ1) is 22.5. The summed E-state index contributed by atoms with van der Waals surface area (Å²) in [7, 11) is 1.16. The maximum absolute atomic E-state index is 12.5. The van der Waals surface area contributed by atoms with Gasteiger partial charge in [0.2, 0.25) is 0 Å². The van der Waals surface area contributed by atoms with Crippen molar-refractivity contribution in [2.45, 2.75) is 20.1 Å². The Hall–Kier alpha value is -3.76. The van der Waals surface area contributed by atoms with Crippen molar-refractivity contribution < 1.29 is 37.5 Å². The van der Waals surface area contributed by atoms with Crippen molar-refractivity contribution in [1.29, 1.82) is 0 Å². The van der Waals surface area contributed by atoms with Gasteiger partial charge in [0, 0.05) is 5.56 Å². The number of nitrogens with one attached hydrogen (secondary N) is 1. The fourth-order valence-electron chi connectivity index (χ4n) is 2.47. The van der Waals surface area contributed by atoms with Gasteiger partial charge >= 0.3 is 12.6 Å². The summed E-state index contributed by atoms with van der Waals surface area (Å²) in [5, 5.41) is 13.6. The molecule has 9 nitrogen and oxygen atoms in total. The van der Waals surface area contributed by atoms with E-state index in [1.54, 1.807) is 18.2 Å². The Morgan fingerprint density at radius 3 is 2.53 bits per heavy atom. The Balaban J connectivity index is 2.04. The zero-order valence-corrected chi connectivity index (χ0v) is 16.0. The van der Waals surface area contributed by atoms with Crippen molar-refractivity contribution in [2.75, 3.05) is 13.7 Å². The van der Waals surface area contributed by atoms with Crippen molar-refractivity contribution in [3.63, 3.8) is 0 Å². The minimum absolute atomic E-state index is 0.100. The van der Waals surface area contributed by atoms with Crippen LogP contribution in [0.4, 0.5) is 14.5 Å². The second-order valence-electron chi connectivity index (χ2n) is 5.98. The number of methoxy groups -OCH3 is 1. The lowest BCUT2D eigenvalue weighted by atomic mass is 10.1. The maximum atomic E-state index is 12.5. The highest BCUT2D eigenvalue weighted by Gasteiger charge is 2.22. The molecule has 0 aliphatic heterocycles. The Morgan fingerprint density at radius 1 is 1.20 bits per heavy atom. The predicted molar refractivity (Wildman–Crippen MR) is 99.6 cm³/mol. The number of hydrogen-bond acceptors (Lipinski definition) is 7. The number of nitro benzene ring substituents is 1. The van der Waals surface area contributed by atoms with Crippen LogP contribution in [0.1, 0.15) is 21.5 Å². The molecule has 11 heteroatoms. The normalized spacial score (nSPS) is 10.4. The number of hydrogen-bond donors (Lipinski definition) is 1. The van der Waals surface area contributed by atoms with Crippen LogP contribution in [-0.4, -0.2) is 37.1 Å². The molecule has 0 aliphatic rings. The zero-order valence-electron chi connectivity index (χ0n) is 16.0. The van der Waals surface area contributed by atoms with Gasteiger partial charge in [-0.25, -0.2) is 0 Å². The van der Waals surface area contributed by atoms with Gasteiger partial charge < -0.3 is 19.5 Å². The molecule has 0 unspecified atom stereocenters. The van der Waals surface area contributed by atoms with E-state index in [1.807, 2.05) is 13.0 Å². The molecule has 2 aromatic carbocycles. The summed E-state index contributed by atoms with van der Waals surface area (Å²) in [6.07, 6.45) is 0. The number of benzene rings is 2. The Bertz CT molecular complexity index is 950. The third-order valence-corrected chi connectivity index (χ3v) is 3.84. The highest BCUT2D eigenvalue weighted by molar-refractivity contribution is 5.96. The molecule has 0 radical (unpaired) electrons. The van der Waals surface area contributed by atoms with Crippen LogP contribution in [0.15, 0.2) is 36.4 Å². The van der Waals surface area contributed by atoms with Gasteiger partial charge in [-0.3, -0.25) is 19.7 Å². The van der Waals surface area contributed by atoms with Crippen LogP contribution in [0.2, 0.25) is 0 Å². The van der Waals surface area contributed by atoms with E-state index in [0.717, 1.165) is 24.8 Å². The van der Waals surface area contributed by atoms with Gasteiger partial charge in [-0.1, -0.05) is 17.7 Å². The van der Waals surface area contributed by atoms with Gasteiger partial charge in [-0.2, -0.15) is 8.78 Å². The minimum Gasteiger partial charge on any atom is -0.493 e. The summed E-state index contributed by atoms with van der Waals surface area (Å²) in [6.45, 7) is -2.41. The monoisotopic (exact) mass is 424 g/mol. The summed E-state index contributed by atoms with van der Waals surface area (Å²) >= 11 is 0. The first-order chi connectivity index (χ1) is 14.2. The molecule has 0 aliphatic carbocycles. The number of carbonyl (C=O) groups excluding carboxylic acids is 2. The molecule has 0 atom stereocenters. The van der Waals surface area contributed by atoms with Crippen LogP contribution in [-0.2, 0) is 16.1 Å². The van der Waals surface area contributed by atoms with Crippen LogP contribution >= 0.6 is 0 Å². The van der Waals surface area contributed by atoms with E-state index in [-0.39, 0.29) is 11.3 Å².